The molecule has 5 heteroatoms. The average Bonchev–Trinajstić information content (AvgIpc) is 2.43. The van der Waals surface area contributed by atoms with Gasteiger partial charge in [0.25, 0.3) is 0 Å². The van der Waals surface area contributed by atoms with Gasteiger partial charge >= 0.3 is 0 Å². The first-order valence-electron chi connectivity index (χ1n) is 6.50. The lowest BCUT2D eigenvalue weighted by Gasteiger charge is -2.16. The molecule has 0 aliphatic rings. The Bertz CT molecular complexity index is 659. The van der Waals surface area contributed by atoms with Crippen molar-refractivity contribution in [1.29, 1.82) is 0 Å². The van der Waals surface area contributed by atoms with Gasteiger partial charge in [-0.15, -0.1) is 0 Å². The zero-order valence-electron chi connectivity index (χ0n) is 11.7. The van der Waals surface area contributed by atoms with Crippen LogP contribution in [0.25, 0.3) is 0 Å². The topological polar surface area (TPSA) is 29.5 Å². The van der Waals surface area contributed by atoms with Crippen LogP contribution in [-0.4, -0.2) is 11.7 Å². The Labute approximate surface area is 130 Å². The summed E-state index contributed by atoms with van der Waals surface area (Å²) in [5.74, 6) is -0.753. The molecule has 2 aromatic rings. The Kier molecular flexibility index (Phi) is 4.96. The molecular weight excluding hydrogens is 342 g/mol. The summed E-state index contributed by atoms with van der Waals surface area (Å²) in [6.45, 7) is 3.92. The van der Waals surface area contributed by atoms with Crippen molar-refractivity contribution in [2.24, 2.45) is 0 Å². The quantitative estimate of drug-likeness (QED) is 0.872. The van der Waals surface area contributed by atoms with Gasteiger partial charge in [0.1, 0.15) is 23.5 Å². The first-order chi connectivity index (χ1) is 9.93. The molecule has 0 saturated carbocycles. The molecule has 2 rings (SSSR count). The summed E-state index contributed by atoms with van der Waals surface area (Å²) >= 11 is 3.34. The number of ether oxygens (including phenoxy) is 1. The maximum atomic E-state index is 13.9. The zero-order valence-corrected chi connectivity index (χ0v) is 13.2. The fraction of sp³-hybridized carbons (Fsp3) is 0.250. The number of aliphatic hydroxyl groups is 1. The number of benzene rings is 2. The Morgan fingerprint density at radius 2 is 1.86 bits per heavy atom. The average molecular weight is 357 g/mol. The van der Waals surface area contributed by atoms with Gasteiger partial charge in [-0.1, -0.05) is 22.0 Å². The Balaban J connectivity index is 2.40. The molecule has 1 unspecified atom stereocenters. The van der Waals surface area contributed by atoms with Crippen LogP contribution in [0.4, 0.5) is 8.78 Å². The second-order valence-corrected chi connectivity index (χ2v) is 5.50. The highest BCUT2D eigenvalue weighted by atomic mass is 79.9. The van der Waals surface area contributed by atoms with Crippen molar-refractivity contribution in [1.82, 2.24) is 0 Å². The van der Waals surface area contributed by atoms with Crippen LogP contribution < -0.4 is 4.74 Å². The third-order valence-corrected chi connectivity index (χ3v) is 3.84. The maximum absolute atomic E-state index is 13.9. The van der Waals surface area contributed by atoms with Crippen molar-refractivity contribution in [3.8, 4) is 5.75 Å². The van der Waals surface area contributed by atoms with Crippen LogP contribution >= 0.6 is 15.9 Å². The molecule has 1 N–H and O–H groups in total. The molecule has 2 nitrogen and oxygen atoms in total. The minimum atomic E-state index is -1.19. The molecular formula is C16H15BrF2O2. The number of aliphatic hydroxyl groups excluding tert-OH is 1. The first-order valence-corrected chi connectivity index (χ1v) is 7.29. The summed E-state index contributed by atoms with van der Waals surface area (Å²) in [5.41, 5.74) is 0.814. The molecule has 0 fully saturated rings. The van der Waals surface area contributed by atoms with E-state index in [2.05, 4.69) is 15.9 Å². The first kappa shape index (κ1) is 15.9. The Morgan fingerprint density at radius 3 is 2.48 bits per heavy atom. The highest BCUT2D eigenvalue weighted by molar-refractivity contribution is 9.10. The number of hydrogen-bond donors (Lipinski definition) is 1. The van der Waals surface area contributed by atoms with Crippen molar-refractivity contribution >= 4 is 15.9 Å². The highest BCUT2D eigenvalue weighted by Gasteiger charge is 2.19. The lowest BCUT2D eigenvalue weighted by Crippen LogP contribution is -2.05. The van der Waals surface area contributed by atoms with Crippen molar-refractivity contribution in [2.45, 2.75) is 20.0 Å². The molecule has 0 aliphatic carbocycles. The van der Waals surface area contributed by atoms with Gasteiger partial charge in [-0.2, -0.15) is 0 Å². The predicted octanol–water partition coefficient (Wildman–Crippen LogP) is 4.52. The molecule has 0 saturated heterocycles. The van der Waals surface area contributed by atoms with Crippen LogP contribution in [0.3, 0.4) is 0 Å². The van der Waals surface area contributed by atoms with Crippen molar-refractivity contribution in [3.05, 3.63) is 63.1 Å². The summed E-state index contributed by atoms with van der Waals surface area (Å²) in [6.07, 6.45) is -1.19. The molecule has 0 radical (unpaired) electrons. The molecule has 21 heavy (non-hydrogen) atoms. The van der Waals surface area contributed by atoms with Gasteiger partial charge in [-0.05, 0) is 43.2 Å². The minimum Gasteiger partial charge on any atom is -0.494 e. The van der Waals surface area contributed by atoms with E-state index in [1.54, 1.807) is 18.2 Å². The van der Waals surface area contributed by atoms with Crippen molar-refractivity contribution in [2.75, 3.05) is 6.61 Å². The van der Waals surface area contributed by atoms with E-state index in [-0.39, 0.29) is 11.1 Å². The largest absolute Gasteiger partial charge is 0.494 e. The van der Waals surface area contributed by atoms with Crippen LogP contribution in [-0.2, 0) is 0 Å². The molecule has 0 heterocycles. The van der Waals surface area contributed by atoms with Gasteiger partial charge in [0.2, 0.25) is 0 Å². The standard InChI is InChI=1S/C16H15BrF2O2/c1-3-21-10-4-5-11(13(17)7-10)16(20)12-6-9(2)14(18)8-15(12)19/h4-8,16,20H,3H2,1-2H3. The Morgan fingerprint density at radius 1 is 1.14 bits per heavy atom. The SMILES string of the molecule is CCOc1ccc(C(O)c2cc(C)c(F)cc2F)c(Br)c1. The van der Waals surface area contributed by atoms with E-state index in [4.69, 9.17) is 4.74 Å². The summed E-state index contributed by atoms with van der Waals surface area (Å²) in [5, 5.41) is 10.4. The smallest absolute Gasteiger partial charge is 0.132 e. The van der Waals surface area contributed by atoms with Gasteiger partial charge in [-0.25, -0.2) is 8.78 Å². The summed E-state index contributed by atoms with van der Waals surface area (Å²) in [7, 11) is 0. The minimum absolute atomic E-state index is 0.0405. The fourth-order valence-electron chi connectivity index (χ4n) is 2.04. The van der Waals surface area contributed by atoms with Gasteiger partial charge in [0.05, 0.1) is 6.61 Å². The van der Waals surface area contributed by atoms with E-state index in [1.807, 2.05) is 6.92 Å². The molecule has 1 atom stereocenters. The van der Waals surface area contributed by atoms with E-state index in [1.165, 1.54) is 13.0 Å². The van der Waals surface area contributed by atoms with Crippen LogP contribution in [0.5, 0.6) is 5.75 Å². The molecule has 2 aromatic carbocycles. The van der Waals surface area contributed by atoms with Crippen molar-refractivity contribution < 1.29 is 18.6 Å². The lowest BCUT2D eigenvalue weighted by molar-refractivity contribution is 0.213. The van der Waals surface area contributed by atoms with Gasteiger partial charge in [-0.3, -0.25) is 0 Å². The maximum Gasteiger partial charge on any atom is 0.132 e. The van der Waals surface area contributed by atoms with Crippen LogP contribution in [0.1, 0.15) is 29.7 Å². The van der Waals surface area contributed by atoms with Crippen LogP contribution in [0, 0.1) is 18.6 Å². The predicted molar refractivity (Wildman–Crippen MR) is 80.5 cm³/mol. The number of halogens is 3. The van der Waals surface area contributed by atoms with Gasteiger partial charge < -0.3 is 9.84 Å². The Hall–Kier alpha value is -1.46. The number of rotatable bonds is 4. The molecule has 112 valence electrons. The molecule has 0 amide bonds. The number of aryl methyl sites for hydroxylation is 1. The molecule has 0 bridgehead atoms. The molecule has 0 spiro atoms. The van der Waals surface area contributed by atoms with Gasteiger partial charge in [0.15, 0.2) is 0 Å². The van der Waals surface area contributed by atoms with E-state index in [0.29, 0.717) is 22.4 Å². The summed E-state index contributed by atoms with van der Waals surface area (Å²) in [6, 6.07) is 7.16. The van der Waals surface area contributed by atoms with E-state index < -0.39 is 17.7 Å². The second-order valence-electron chi connectivity index (χ2n) is 4.64. The number of hydrogen-bond acceptors (Lipinski definition) is 2. The zero-order chi connectivity index (χ0) is 15.6. The van der Waals surface area contributed by atoms with Gasteiger partial charge in [0, 0.05) is 16.1 Å². The monoisotopic (exact) mass is 356 g/mol. The van der Waals surface area contributed by atoms with Crippen LogP contribution in [0.15, 0.2) is 34.8 Å². The van der Waals surface area contributed by atoms with E-state index in [0.717, 1.165) is 6.07 Å². The summed E-state index contributed by atoms with van der Waals surface area (Å²) < 4.78 is 33.1. The van der Waals surface area contributed by atoms with Crippen molar-refractivity contribution in [3.63, 3.8) is 0 Å². The third-order valence-electron chi connectivity index (χ3n) is 3.15. The second kappa shape index (κ2) is 6.54. The lowest BCUT2D eigenvalue weighted by atomic mass is 9.99. The molecule has 0 aromatic heterocycles. The third kappa shape index (κ3) is 3.41. The fourth-order valence-corrected chi connectivity index (χ4v) is 2.62. The normalized spacial score (nSPS) is 12.3. The van der Waals surface area contributed by atoms with E-state index in [9.17, 15) is 13.9 Å². The summed E-state index contributed by atoms with van der Waals surface area (Å²) in [4.78, 5) is 0. The van der Waals surface area contributed by atoms with Crippen LogP contribution in [0.2, 0.25) is 0 Å². The van der Waals surface area contributed by atoms with E-state index >= 15 is 0 Å². The highest BCUT2D eigenvalue weighted by Crippen LogP contribution is 2.33. The molecule has 0 aliphatic heterocycles.